The molecule has 1 heterocycles. The van der Waals surface area contributed by atoms with Crippen molar-refractivity contribution in [2.75, 3.05) is 0 Å². The second-order valence-corrected chi connectivity index (χ2v) is 4.80. The number of halogens is 5. The van der Waals surface area contributed by atoms with Crippen molar-refractivity contribution in [2.45, 2.75) is 6.43 Å². The van der Waals surface area contributed by atoms with Gasteiger partial charge in [0.25, 0.3) is 11.7 Å². The number of rotatable bonds is 2. The van der Waals surface area contributed by atoms with Crippen LogP contribution in [0.1, 0.15) is 22.5 Å². The average molecular weight is 443 g/mol. The molecule has 0 bridgehead atoms. The summed E-state index contributed by atoms with van der Waals surface area (Å²) in [5, 5.41) is -0.688. The summed E-state index contributed by atoms with van der Waals surface area (Å²) in [7, 11) is 0. The van der Waals surface area contributed by atoms with Gasteiger partial charge < -0.3 is 0 Å². The third kappa shape index (κ3) is 2.72. The minimum Gasteiger partial charge on any atom is -0.275 e. The van der Waals surface area contributed by atoms with Crippen LogP contribution in [0.25, 0.3) is 0 Å². The van der Waals surface area contributed by atoms with Gasteiger partial charge in [-0.05, 0) is 62.8 Å². The van der Waals surface area contributed by atoms with Crippen molar-refractivity contribution in [2.24, 2.45) is 0 Å². The molecule has 1 aromatic heterocycles. The first-order chi connectivity index (χ1) is 6.43. The molecule has 0 saturated carbocycles. The van der Waals surface area contributed by atoms with Gasteiger partial charge in [0.05, 0.1) is 5.56 Å². The molecule has 0 fully saturated rings. The number of aromatic nitrogens is 1. The predicted molar refractivity (Wildman–Crippen MR) is 64.8 cm³/mol. The maximum Gasteiger partial charge on any atom is 0.280 e. The molecule has 0 saturated heterocycles. The number of hydrogen-bond acceptors (Lipinski definition) is 2. The van der Waals surface area contributed by atoms with Crippen LogP contribution in [-0.4, -0.2) is 10.2 Å². The van der Waals surface area contributed by atoms with Crippen LogP contribution < -0.4 is 0 Å². The lowest BCUT2D eigenvalue weighted by Gasteiger charge is -2.05. The standard InChI is InChI=1S/C7H2ClF2I2NO/c8-5(14)4-2(11)1-3(6(9)10)13-7(4)12/h1,6H. The van der Waals surface area contributed by atoms with Crippen LogP contribution in [0.4, 0.5) is 8.78 Å². The molecule has 0 radical (unpaired) electrons. The van der Waals surface area contributed by atoms with E-state index in [9.17, 15) is 13.6 Å². The van der Waals surface area contributed by atoms with Crippen molar-refractivity contribution >= 4 is 62.0 Å². The van der Waals surface area contributed by atoms with Gasteiger partial charge >= 0.3 is 0 Å². The second kappa shape index (κ2) is 4.97. The molecule has 7 heteroatoms. The van der Waals surface area contributed by atoms with Crippen molar-refractivity contribution in [3.05, 3.63) is 24.6 Å². The highest BCUT2D eigenvalue weighted by Gasteiger charge is 2.18. The molecule has 0 unspecified atom stereocenters. The molecule has 0 N–H and O–H groups in total. The SMILES string of the molecule is O=C(Cl)c1c(I)cc(C(F)F)nc1I. The molecule has 14 heavy (non-hydrogen) atoms. The molecule has 0 spiro atoms. The summed E-state index contributed by atoms with van der Waals surface area (Å²) in [6.07, 6.45) is -2.64. The molecule has 0 aromatic carbocycles. The normalized spacial score (nSPS) is 10.7. The molecule has 1 rings (SSSR count). The lowest BCUT2D eigenvalue weighted by molar-refractivity contribution is 0.107. The fourth-order valence-corrected chi connectivity index (χ4v) is 3.45. The zero-order chi connectivity index (χ0) is 10.9. The molecule has 0 aliphatic carbocycles. The van der Waals surface area contributed by atoms with Crippen LogP contribution >= 0.6 is 56.8 Å². The Bertz CT molecular complexity index is 363. The molecular formula is C7H2ClF2I2NO. The van der Waals surface area contributed by atoms with E-state index in [0.717, 1.165) is 6.07 Å². The maximum absolute atomic E-state index is 12.3. The number of carbonyl (C=O) groups is 1. The highest BCUT2D eigenvalue weighted by molar-refractivity contribution is 14.1. The third-order valence-corrected chi connectivity index (χ3v) is 3.19. The Kier molecular flexibility index (Phi) is 4.44. The summed E-state index contributed by atoms with van der Waals surface area (Å²) in [5.74, 6) is 0. The van der Waals surface area contributed by atoms with Gasteiger partial charge in [0.2, 0.25) is 0 Å². The summed E-state index contributed by atoms with van der Waals surface area (Å²) >= 11 is 8.75. The van der Waals surface area contributed by atoms with Gasteiger partial charge in [0.1, 0.15) is 9.39 Å². The quantitative estimate of drug-likeness (QED) is 0.397. The fourth-order valence-electron chi connectivity index (χ4n) is 0.789. The summed E-state index contributed by atoms with van der Waals surface area (Å²) in [6, 6.07) is 1.16. The molecule has 0 aliphatic heterocycles. The highest BCUT2D eigenvalue weighted by Crippen LogP contribution is 2.25. The van der Waals surface area contributed by atoms with Crippen LogP contribution in [0.15, 0.2) is 6.07 Å². The summed E-state index contributed by atoms with van der Waals surface area (Å²) in [5.41, 5.74) is -0.169. The number of alkyl halides is 2. The Morgan fingerprint density at radius 2 is 2.07 bits per heavy atom. The molecular weight excluding hydrogens is 441 g/mol. The topological polar surface area (TPSA) is 30.0 Å². The molecule has 0 aliphatic rings. The molecule has 1 aromatic rings. The minimum atomic E-state index is -2.64. The third-order valence-electron chi connectivity index (χ3n) is 1.37. The molecule has 0 atom stereocenters. The van der Waals surface area contributed by atoms with E-state index in [1.54, 1.807) is 45.2 Å². The van der Waals surface area contributed by atoms with Crippen molar-refractivity contribution < 1.29 is 13.6 Å². The molecule has 0 amide bonds. The van der Waals surface area contributed by atoms with Gasteiger partial charge in [0.15, 0.2) is 0 Å². The average Bonchev–Trinajstić information content (AvgIpc) is 2.01. The Labute approximate surface area is 111 Å². The summed E-state index contributed by atoms with van der Waals surface area (Å²) in [4.78, 5) is 14.5. The van der Waals surface area contributed by atoms with E-state index < -0.39 is 11.7 Å². The Morgan fingerprint density at radius 3 is 2.43 bits per heavy atom. The molecule has 76 valence electrons. The van der Waals surface area contributed by atoms with Crippen LogP contribution in [0.5, 0.6) is 0 Å². The summed E-state index contributed by atoms with van der Waals surface area (Å²) in [6.45, 7) is 0. The van der Waals surface area contributed by atoms with E-state index in [1.807, 2.05) is 0 Å². The van der Waals surface area contributed by atoms with Crippen molar-refractivity contribution in [3.8, 4) is 0 Å². The zero-order valence-electron chi connectivity index (χ0n) is 6.40. The predicted octanol–water partition coefficient (Wildman–Crippen LogP) is 3.61. The van der Waals surface area contributed by atoms with Crippen LogP contribution in [0.3, 0.4) is 0 Å². The first-order valence-corrected chi connectivity index (χ1v) is 5.81. The van der Waals surface area contributed by atoms with E-state index in [2.05, 4.69) is 4.98 Å². The first-order valence-electron chi connectivity index (χ1n) is 3.27. The van der Waals surface area contributed by atoms with Crippen LogP contribution in [0.2, 0.25) is 0 Å². The van der Waals surface area contributed by atoms with Gasteiger partial charge in [-0.15, -0.1) is 0 Å². The van der Waals surface area contributed by atoms with Gasteiger partial charge in [-0.1, -0.05) is 0 Å². The first kappa shape index (κ1) is 12.5. The largest absolute Gasteiger partial charge is 0.280 e. The second-order valence-electron chi connectivity index (χ2n) is 2.27. The monoisotopic (exact) mass is 443 g/mol. The lowest BCUT2D eigenvalue weighted by Crippen LogP contribution is -2.04. The maximum atomic E-state index is 12.3. The van der Waals surface area contributed by atoms with Gasteiger partial charge in [-0.3, -0.25) is 4.79 Å². The van der Waals surface area contributed by atoms with Gasteiger partial charge in [-0.2, -0.15) is 0 Å². The number of carbonyl (C=O) groups excluding carboxylic acids is 1. The minimum absolute atomic E-state index is 0.178. The van der Waals surface area contributed by atoms with E-state index in [1.165, 1.54) is 0 Å². The van der Waals surface area contributed by atoms with Crippen molar-refractivity contribution in [1.29, 1.82) is 0 Å². The Balaban J connectivity index is 3.32. The zero-order valence-corrected chi connectivity index (χ0v) is 11.5. The Hall–Kier alpha value is 0.430. The van der Waals surface area contributed by atoms with E-state index in [0.29, 0.717) is 3.57 Å². The Morgan fingerprint density at radius 1 is 1.50 bits per heavy atom. The highest BCUT2D eigenvalue weighted by atomic mass is 127. The van der Waals surface area contributed by atoms with Gasteiger partial charge in [-0.25, -0.2) is 13.8 Å². The van der Waals surface area contributed by atoms with Crippen molar-refractivity contribution in [3.63, 3.8) is 0 Å². The van der Waals surface area contributed by atoms with E-state index >= 15 is 0 Å². The van der Waals surface area contributed by atoms with E-state index in [-0.39, 0.29) is 15.0 Å². The van der Waals surface area contributed by atoms with Crippen LogP contribution in [-0.2, 0) is 0 Å². The van der Waals surface area contributed by atoms with Crippen molar-refractivity contribution in [1.82, 2.24) is 4.98 Å². The molecule has 2 nitrogen and oxygen atoms in total. The lowest BCUT2D eigenvalue weighted by atomic mass is 10.3. The number of pyridine rings is 1. The van der Waals surface area contributed by atoms with Crippen LogP contribution in [0, 0.1) is 7.27 Å². The summed E-state index contributed by atoms with van der Waals surface area (Å²) < 4.78 is 25.1. The fraction of sp³-hybridized carbons (Fsp3) is 0.143. The smallest absolute Gasteiger partial charge is 0.275 e. The number of hydrogen-bond donors (Lipinski definition) is 0. The van der Waals surface area contributed by atoms with E-state index in [4.69, 9.17) is 11.6 Å². The number of nitrogens with zero attached hydrogens (tertiary/aromatic N) is 1. The van der Waals surface area contributed by atoms with Gasteiger partial charge in [0, 0.05) is 3.57 Å².